The molecule has 0 N–H and O–H groups in total. The Kier molecular flexibility index (Phi) is 5.56. The zero-order valence-electron chi connectivity index (χ0n) is 20.2. The van der Waals surface area contributed by atoms with Gasteiger partial charge in [0.05, 0.1) is 0 Å². The van der Waals surface area contributed by atoms with Gasteiger partial charge in [-0.3, -0.25) is 0 Å². The van der Waals surface area contributed by atoms with Crippen molar-refractivity contribution in [3.63, 3.8) is 0 Å². The maximum atomic E-state index is 6.14. The minimum Gasteiger partial charge on any atom is -0.456 e. The van der Waals surface area contributed by atoms with Crippen LogP contribution in [0, 0.1) is 0 Å². The van der Waals surface area contributed by atoms with Crippen molar-refractivity contribution >= 4 is 37.9 Å². The lowest BCUT2D eigenvalue weighted by molar-refractivity contribution is 0.669. The van der Waals surface area contributed by atoms with E-state index in [-0.39, 0.29) is 0 Å². The molecule has 0 spiro atoms. The SMILES string of the molecule is Brc1cccc(-c2cccc(-c3nc(-c4ccccc4)nc(-c4ccc5c(c4)oc4ccccc45)n3)c2)c1. The van der Waals surface area contributed by atoms with E-state index in [4.69, 9.17) is 19.4 Å². The molecule has 0 bridgehead atoms. The normalized spacial score (nSPS) is 11.3. The van der Waals surface area contributed by atoms with Gasteiger partial charge in [-0.1, -0.05) is 101 Å². The van der Waals surface area contributed by atoms with Crippen LogP contribution in [-0.4, -0.2) is 15.0 Å². The molecule has 0 aliphatic heterocycles. The number of halogens is 1. The molecule has 0 saturated carbocycles. The Morgan fingerprint density at radius 3 is 1.79 bits per heavy atom. The highest BCUT2D eigenvalue weighted by molar-refractivity contribution is 9.10. The van der Waals surface area contributed by atoms with Crippen LogP contribution in [0.4, 0.5) is 0 Å². The minimum atomic E-state index is 0.601. The first-order chi connectivity index (χ1) is 18.7. The first kappa shape index (κ1) is 22.6. The van der Waals surface area contributed by atoms with Gasteiger partial charge in [0.25, 0.3) is 0 Å². The zero-order valence-corrected chi connectivity index (χ0v) is 21.8. The first-order valence-electron chi connectivity index (χ1n) is 12.3. The van der Waals surface area contributed by atoms with Gasteiger partial charge >= 0.3 is 0 Å². The molecule has 0 atom stereocenters. The molecular weight excluding hydrogens is 534 g/mol. The van der Waals surface area contributed by atoms with Crippen LogP contribution in [0.5, 0.6) is 0 Å². The molecule has 4 nitrogen and oxygen atoms in total. The largest absolute Gasteiger partial charge is 0.456 e. The molecule has 0 fully saturated rings. The number of fused-ring (bicyclic) bond motifs is 3. The van der Waals surface area contributed by atoms with Crippen molar-refractivity contribution < 1.29 is 4.42 Å². The Morgan fingerprint density at radius 1 is 0.421 bits per heavy atom. The summed E-state index contributed by atoms with van der Waals surface area (Å²) in [6.45, 7) is 0. The number of hydrogen-bond donors (Lipinski definition) is 0. The average molecular weight is 554 g/mol. The summed E-state index contributed by atoms with van der Waals surface area (Å²) in [6, 6.07) is 40.8. The molecule has 0 aliphatic rings. The van der Waals surface area contributed by atoms with Crippen molar-refractivity contribution in [1.29, 1.82) is 0 Å². The van der Waals surface area contributed by atoms with Gasteiger partial charge in [0.2, 0.25) is 0 Å². The molecular formula is C33H20BrN3O. The number of benzene rings is 5. The molecule has 38 heavy (non-hydrogen) atoms. The van der Waals surface area contributed by atoms with Gasteiger partial charge in [-0.05, 0) is 47.5 Å². The fourth-order valence-corrected chi connectivity index (χ4v) is 5.12. The lowest BCUT2D eigenvalue weighted by Crippen LogP contribution is -2.00. The van der Waals surface area contributed by atoms with Crippen molar-refractivity contribution in [1.82, 2.24) is 15.0 Å². The molecule has 0 saturated heterocycles. The third-order valence-electron chi connectivity index (χ3n) is 6.58. The van der Waals surface area contributed by atoms with E-state index in [1.807, 2.05) is 78.9 Å². The maximum Gasteiger partial charge on any atom is 0.164 e. The van der Waals surface area contributed by atoms with E-state index in [9.17, 15) is 0 Å². The molecule has 0 unspecified atom stereocenters. The molecule has 7 aromatic rings. The summed E-state index contributed by atoms with van der Waals surface area (Å²) in [6.07, 6.45) is 0. The monoisotopic (exact) mass is 553 g/mol. The summed E-state index contributed by atoms with van der Waals surface area (Å²) in [5.41, 5.74) is 6.62. The van der Waals surface area contributed by atoms with Gasteiger partial charge in [-0.15, -0.1) is 0 Å². The lowest BCUT2D eigenvalue weighted by Gasteiger charge is -2.10. The second-order valence-corrected chi connectivity index (χ2v) is 9.99. The van der Waals surface area contributed by atoms with E-state index >= 15 is 0 Å². The van der Waals surface area contributed by atoms with Gasteiger partial charge < -0.3 is 4.42 Å². The van der Waals surface area contributed by atoms with Crippen LogP contribution in [0.2, 0.25) is 0 Å². The van der Waals surface area contributed by atoms with Crippen molar-refractivity contribution in [2.75, 3.05) is 0 Å². The summed E-state index contributed by atoms with van der Waals surface area (Å²) in [4.78, 5) is 14.7. The Balaban J connectivity index is 1.39. The van der Waals surface area contributed by atoms with Crippen LogP contribution in [0.15, 0.2) is 130 Å². The number of para-hydroxylation sites is 1. The second kappa shape index (κ2) is 9.36. The Hall–Kier alpha value is -4.61. The maximum absolute atomic E-state index is 6.14. The molecule has 2 aromatic heterocycles. The van der Waals surface area contributed by atoms with Gasteiger partial charge in [0.1, 0.15) is 11.2 Å². The molecule has 180 valence electrons. The van der Waals surface area contributed by atoms with Crippen molar-refractivity contribution in [3.8, 4) is 45.3 Å². The second-order valence-electron chi connectivity index (χ2n) is 9.07. The quantitative estimate of drug-likeness (QED) is 0.218. The standard InChI is InChI=1S/C33H20BrN3O/c34-26-13-7-11-23(19-26)22-10-6-12-24(18-22)32-35-31(21-8-2-1-3-9-21)36-33(37-32)25-16-17-28-27-14-4-5-15-29(27)38-30(28)20-25/h1-20H. The number of nitrogens with zero attached hydrogens (tertiary/aromatic N) is 3. The highest BCUT2D eigenvalue weighted by Crippen LogP contribution is 2.33. The van der Waals surface area contributed by atoms with Crippen molar-refractivity contribution in [2.24, 2.45) is 0 Å². The van der Waals surface area contributed by atoms with Gasteiger partial charge in [0, 0.05) is 31.9 Å². The van der Waals surface area contributed by atoms with Crippen LogP contribution in [-0.2, 0) is 0 Å². The first-order valence-corrected chi connectivity index (χ1v) is 13.1. The molecule has 0 aliphatic carbocycles. The van der Waals surface area contributed by atoms with Crippen molar-refractivity contribution in [2.45, 2.75) is 0 Å². The molecule has 2 heterocycles. The van der Waals surface area contributed by atoms with Crippen molar-refractivity contribution in [3.05, 3.63) is 126 Å². The van der Waals surface area contributed by atoms with Crippen LogP contribution >= 0.6 is 15.9 Å². The van der Waals surface area contributed by atoms with Crippen LogP contribution in [0.3, 0.4) is 0 Å². The lowest BCUT2D eigenvalue weighted by atomic mass is 10.0. The third kappa shape index (κ3) is 4.17. The highest BCUT2D eigenvalue weighted by atomic mass is 79.9. The number of rotatable bonds is 4. The van der Waals surface area contributed by atoms with E-state index < -0.39 is 0 Å². The van der Waals surface area contributed by atoms with E-state index in [0.29, 0.717) is 17.5 Å². The molecule has 0 radical (unpaired) electrons. The fraction of sp³-hybridized carbons (Fsp3) is 0. The topological polar surface area (TPSA) is 51.8 Å². The summed E-state index contributed by atoms with van der Waals surface area (Å²) in [5.74, 6) is 1.85. The van der Waals surface area contributed by atoms with E-state index in [1.165, 1.54) is 0 Å². The summed E-state index contributed by atoms with van der Waals surface area (Å²) in [7, 11) is 0. The van der Waals surface area contributed by atoms with Crippen LogP contribution in [0.25, 0.3) is 67.2 Å². The zero-order chi connectivity index (χ0) is 25.5. The van der Waals surface area contributed by atoms with Crippen LogP contribution < -0.4 is 0 Å². The summed E-state index contributed by atoms with van der Waals surface area (Å²) in [5, 5.41) is 2.17. The molecule has 5 heteroatoms. The van der Waals surface area contributed by atoms with E-state index in [1.54, 1.807) is 0 Å². The minimum absolute atomic E-state index is 0.601. The smallest absolute Gasteiger partial charge is 0.164 e. The summed E-state index contributed by atoms with van der Waals surface area (Å²) >= 11 is 3.58. The van der Waals surface area contributed by atoms with E-state index in [2.05, 4.69) is 58.4 Å². The average Bonchev–Trinajstić information content (AvgIpc) is 3.35. The van der Waals surface area contributed by atoms with Gasteiger partial charge in [0.15, 0.2) is 17.5 Å². The Morgan fingerprint density at radius 2 is 1.00 bits per heavy atom. The third-order valence-corrected chi connectivity index (χ3v) is 7.08. The van der Waals surface area contributed by atoms with E-state index in [0.717, 1.165) is 54.2 Å². The molecule has 7 rings (SSSR count). The molecule has 5 aromatic carbocycles. The number of aromatic nitrogens is 3. The predicted molar refractivity (Wildman–Crippen MR) is 157 cm³/mol. The van der Waals surface area contributed by atoms with Gasteiger partial charge in [-0.25, -0.2) is 15.0 Å². The number of hydrogen-bond acceptors (Lipinski definition) is 4. The summed E-state index contributed by atoms with van der Waals surface area (Å²) < 4.78 is 7.18. The Labute approximate surface area is 227 Å². The number of furan rings is 1. The Bertz CT molecular complexity index is 1950. The highest BCUT2D eigenvalue weighted by Gasteiger charge is 2.15. The van der Waals surface area contributed by atoms with Gasteiger partial charge in [-0.2, -0.15) is 0 Å². The fourth-order valence-electron chi connectivity index (χ4n) is 4.72. The molecule has 0 amide bonds. The van der Waals surface area contributed by atoms with Crippen LogP contribution in [0.1, 0.15) is 0 Å². The predicted octanol–water partition coefficient (Wildman–Crippen LogP) is 9.20.